The van der Waals surface area contributed by atoms with Crippen molar-refractivity contribution in [3.05, 3.63) is 17.5 Å². The summed E-state index contributed by atoms with van der Waals surface area (Å²) in [4.78, 5) is 0. The molecule has 5 nitrogen and oxygen atoms in total. The fraction of sp³-hybridized carbons (Fsp3) is 0.786. The van der Waals surface area contributed by atoms with Crippen molar-refractivity contribution in [3.8, 4) is 0 Å². The monoisotopic (exact) mass is 299 g/mol. The van der Waals surface area contributed by atoms with Crippen LogP contribution in [0.4, 0.5) is 0 Å². The summed E-state index contributed by atoms with van der Waals surface area (Å²) in [5.74, 6) is 0.274. The summed E-state index contributed by atoms with van der Waals surface area (Å²) >= 11 is 0. The van der Waals surface area contributed by atoms with Crippen LogP contribution < -0.4 is 0 Å². The van der Waals surface area contributed by atoms with Gasteiger partial charge >= 0.3 is 0 Å². The van der Waals surface area contributed by atoms with E-state index in [0.717, 1.165) is 43.4 Å². The number of rotatable bonds is 6. The van der Waals surface area contributed by atoms with Gasteiger partial charge in [-0.15, -0.1) is 0 Å². The van der Waals surface area contributed by atoms with E-state index in [1.807, 2.05) is 24.9 Å². The first-order valence-corrected chi connectivity index (χ1v) is 9.06. The Bertz CT molecular complexity index is 551. The SMILES string of the molecule is CCCCCS(=O)(=O)N1CCC[C@@H]1c1cnn(C)c1C. The maximum atomic E-state index is 12.5. The van der Waals surface area contributed by atoms with E-state index in [2.05, 4.69) is 12.0 Å². The minimum Gasteiger partial charge on any atom is -0.273 e. The molecule has 0 saturated carbocycles. The molecule has 114 valence electrons. The summed E-state index contributed by atoms with van der Waals surface area (Å²) < 4.78 is 28.5. The quantitative estimate of drug-likeness (QED) is 0.758. The predicted octanol–water partition coefficient (Wildman–Crippen LogP) is 2.39. The number of hydrogen-bond donors (Lipinski definition) is 0. The highest BCUT2D eigenvalue weighted by molar-refractivity contribution is 7.89. The highest BCUT2D eigenvalue weighted by Crippen LogP contribution is 2.35. The van der Waals surface area contributed by atoms with Gasteiger partial charge < -0.3 is 0 Å². The summed E-state index contributed by atoms with van der Waals surface area (Å²) in [6.07, 6.45) is 6.43. The number of hydrogen-bond acceptors (Lipinski definition) is 3. The Morgan fingerprint density at radius 3 is 2.75 bits per heavy atom. The molecule has 0 radical (unpaired) electrons. The molecule has 1 aliphatic heterocycles. The molecule has 0 bridgehead atoms. The zero-order valence-corrected chi connectivity index (χ0v) is 13.5. The smallest absolute Gasteiger partial charge is 0.214 e. The normalized spacial score (nSPS) is 20.6. The van der Waals surface area contributed by atoms with E-state index < -0.39 is 10.0 Å². The number of unbranched alkanes of at least 4 members (excludes halogenated alkanes) is 2. The average molecular weight is 299 g/mol. The Balaban J connectivity index is 2.17. The molecule has 0 aliphatic carbocycles. The molecule has 0 aromatic carbocycles. The van der Waals surface area contributed by atoms with Gasteiger partial charge in [0, 0.05) is 24.8 Å². The lowest BCUT2D eigenvalue weighted by Crippen LogP contribution is -2.32. The molecular weight excluding hydrogens is 274 g/mol. The summed E-state index contributed by atoms with van der Waals surface area (Å²) in [7, 11) is -1.24. The van der Waals surface area contributed by atoms with Gasteiger partial charge in [0.15, 0.2) is 0 Å². The molecule has 1 atom stereocenters. The van der Waals surface area contributed by atoms with Crippen molar-refractivity contribution in [1.82, 2.24) is 14.1 Å². The molecule has 20 heavy (non-hydrogen) atoms. The van der Waals surface area contributed by atoms with Gasteiger partial charge in [-0.3, -0.25) is 4.68 Å². The average Bonchev–Trinajstić information content (AvgIpc) is 2.99. The minimum absolute atomic E-state index is 0.0182. The van der Waals surface area contributed by atoms with Crippen molar-refractivity contribution < 1.29 is 8.42 Å². The molecule has 0 amide bonds. The molecule has 1 aromatic rings. The Morgan fingerprint density at radius 1 is 1.40 bits per heavy atom. The van der Waals surface area contributed by atoms with Crippen molar-refractivity contribution in [1.29, 1.82) is 0 Å². The van der Waals surface area contributed by atoms with E-state index in [-0.39, 0.29) is 11.8 Å². The number of aromatic nitrogens is 2. The third-order valence-corrected chi connectivity index (χ3v) is 6.16. The Morgan fingerprint density at radius 2 is 2.15 bits per heavy atom. The van der Waals surface area contributed by atoms with Gasteiger partial charge in [-0.25, -0.2) is 8.42 Å². The van der Waals surface area contributed by atoms with E-state index in [9.17, 15) is 8.42 Å². The Hall–Kier alpha value is -0.880. The lowest BCUT2D eigenvalue weighted by molar-refractivity contribution is 0.394. The van der Waals surface area contributed by atoms with Gasteiger partial charge in [-0.2, -0.15) is 9.40 Å². The zero-order valence-electron chi connectivity index (χ0n) is 12.7. The molecule has 2 rings (SSSR count). The molecule has 2 heterocycles. The molecule has 1 aromatic heterocycles. The first kappa shape index (κ1) is 15.5. The maximum absolute atomic E-state index is 12.5. The Labute approximate surface area is 122 Å². The first-order valence-electron chi connectivity index (χ1n) is 7.45. The minimum atomic E-state index is -3.14. The fourth-order valence-corrected chi connectivity index (χ4v) is 4.70. The van der Waals surface area contributed by atoms with Crippen LogP contribution in [0.15, 0.2) is 6.20 Å². The lowest BCUT2D eigenvalue weighted by atomic mass is 10.1. The summed E-state index contributed by atoms with van der Waals surface area (Å²) in [5, 5.41) is 4.25. The van der Waals surface area contributed by atoms with Crippen LogP contribution >= 0.6 is 0 Å². The standard InChI is InChI=1S/C14H25N3O2S/c1-4-5-6-10-20(18,19)17-9-7-8-14(17)13-11-15-16(3)12(13)2/h11,14H,4-10H2,1-3H3/t14-/m1/s1. The van der Waals surface area contributed by atoms with Crippen molar-refractivity contribution in [2.75, 3.05) is 12.3 Å². The van der Waals surface area contributed by atoms with Gasteiger partial charge in [-0.05, 0) is 26.2 Å². The first-order chi connectivity index (χ1) is 9.47. The van der Waals surface area contributed by atoms with Crippen LogP contribution in [-0.2, 0) is 17.1 Å². The van der Waals surface area contributed by atoms with Gasteiger partial charge in [-0.1, -0.05) is 19.8 Å². The van der Waals surface area contributed by atoms with Crippen molar-refractivity contribution >= 4 is 10.0 Å². The molecule has 1 fully saturated rings. The fourth-order valence-electron chi connectivity index (χ4n) is 2.88. The molecule has 1 saturated heterocycles. The zero-order chi connectivity index (χ0) is 14.8. The van der Waals surface area contributed by atoms with E-state index in [1.165, 1.54) is 0 Å². The van der Waals surface area contributed by atoms with Gasteiger partial charge in [0.1, 0.15) is 0 Å². The van der Waals surface area contributed by atoms with Gasteiger partial charge in [0.05, 0.1) is 18.0 Å². The van der Waals surface area contributed by atoms with Crippen molar-refractivity contribution in [2.24, 2.45) is 7.05 Å². The molecule has 6 heteroatoms. The number of sulfonamides is 1. The second-order valence-electron chi connectivity index (χ2n) is 5.60. The predicted molar refractivity (Wildman–Crippen MR) is 79.9 cm³/mol. The third-order valence-electron chi connectivity index (χ3n) is 4.20. The number of aryl methyl sites for hydroxylation is 1. The topological polar surface area (TPSA) is 55.2 Å². The molecule has 0 N–H and O–H groups in total. The third kappa shape index (κ3) is 3.06. The molecule has 1 aliphatic rings. The summed E-state index contributed by atoms with van der Waals surface area (Å²) in [5.41, 5.74) is 2.12. The van der Waals surface area contributed by atoms with Crippen LogP contribution in [0, 0.1) is 6.92 Å². The highest BCUT2D eigenvalue weighted by atomic mass is 32.2. The van der Waals surface area contributed by atoms with Crippen LogP contribution in [-0.4, -0.2) is 34.8 Å². The van der Waals surface area contributed by atoms with E-state index in [1.54, 1.807) is 4.31 Å². The summed E-state index contributed by atoms with van der Waals surface area (Å²) in [6.45, 7) is 4.74. The molecule has 0 unspecified atom stereocenters. The number of nitrogens with zero attached hydrogens (tertiary/aromatic N) is 3. The van der Waals surface area contributed by atoms with Gasteiger partial charge in [0.25, 0.3) is 0 Å². The van der Waals surface area contributed by atoms with Crippen LogP contribution in [0.1, 0.15) is 56.3 Å². The summed E-state index contributed by atoms with van der Waals surface area (Å²) in [6, 6.07) is -0.0182. The molecular formula is C14H25N3O2S. The highest BCUT2D eigenvalue weighted by Gasteiger charge is 2.36. The lowest BCUT2D eigenvalue weighted by Gasteiger charge is -2.24. The molecule has 0 spiro atoms. The van der Waals surface area contributed by atoms with Gasteiger partial charge in [0.2, 0.25) is 10.0 Å². The van der Waals surface area contributed by atoms with E-state index in [0.29, 0.717) is 6.54 Å². The second kappa shape index (κ2) is 6.26. The Kier molecular flexibility index (Phi) is 4.86. The second-order valence-corrected chi connectivity index (χ2v) is 7.64. The largest absolute Gasteiger partial charge is 0.273 e. The van der Waals surface area contributed by atoms with E-state index in [4.69, 9.17) is 0 Å². The van der Waals surface area contributed by atoms with Crippen LogP contribution in [0.3, 0.4) is 0 Å². The van der Waals surface area contributed by atoms with Crippen LogP contribution in [0.2, 0.25) is 0 Å². The van der Waals surface area contributed by atoms with Crippen molar-refractivity contribution in [3.63, 3.8) is 0 Å². The van der Waals surface area contributed by atoms with E-state index >= 15 is 0 Å². The van der Waals surface area contributed by atoms with Crippen molar-refractivity contribution in [2.45, 2.75) is 52.0 Å². The van der Waals surface area contributed by atoms with Crippen LogP contribution in [0.5, 0.6) is 0 Å². The maximum Gasteiger partial charge on any atom is 0.214 e. The van der Waals surface area contributed by atoms with Crippen LogP contribution in [0.25, 0.3) is 0 Å².